The van der Waals surface area contributed by atoms with E-state index in [9.17, 15) is 21.6 Å². The van der Waals surface area contributed by atoms with E-state index in [1.165, 1.54) is 11.8 Å². The third kappa shape index (κ3) is 4.30. The van der Waals surface area contributed by atoms with Crippen molar-refractivity contribution in [3.8, 4) is 0 Å². The number of rotatable bonds is 4. The number of thioether (sulfide) groups is 1. The van der Waals surface area contributed by atoms with E-state index in [0.29, 0.717) is 28.7 Å². The van der Waals surface area contributed by atoms with Crippen molar-refractivity contribution >= 4 is 59.9 Å². The molecule has 2 aromatic rings. The third-order valence-corrected chi connectivity index (χ3v) is 7.42. The van der Waals surface area contributed by atoms with Gasteiger partial charge in [-0.2, -0.15) is 0 Å². The summed E-state index contributed by atoms with van der Waals surface area (Å²) in [7, 11) is -6.89. The van der Waals surface area contributed by atoms with Crippen molar-refractivity contribution in [1.29, 1.82) is 0 Å². The van der Waals surface area contributed by atoms with Gasteiger partial charge >= 0.3 is 0 Å². The monoisotopic (exact) mass is 466 g/mol. The molecule has 12 heteroatoms. The molecule has 2 heterocycles. The van der Waals surface area contributed by atoms with E-state index < -0.39 is 20.0 Å². The van der Waals surface area contributed by atoms with Crippen LogP contribution in [0.3, 0.4) is 0 Å². The van der Waals surface area contributed by atoms with Gasteiger partial charge in [0.25, 0.3) is 15.9 Å². The highest BCUT2D eigenvalue weighted by Crippen LogP contribution is 2.42. The molecule has 0 bridgehead atoms. The molecule has 0 saturated carbocycles. The summed E-state index contributed by atoms with van der Waals surface area (Å²) in [5, 5.41) is 3.15. The average Bonchev–Trinajstić information content (AvgIpc) is 2.98. The molecule has 2 aliphatic heterocycles. The minimum absolute atomic E-state index is 0.0456. The fraction of sp³-hybridized carbons (Fsp3) is 0.222. The Hall–Kier alpha value is -2.57. The lowest BCUT2D eigenvalue weighted by molar-refractivity contribution is 0.102. The van der Waals surface area contributed by atoms with Gasteiger partial charge in [0.2, 0.25) is 10.0 Å². The Kier molecular flexibility index (Phi) is 5.03. The number of aryl methyl sites for hydroxylation is 1. The number of hydrogen-bond acceptors (Lipinski definition) is 7. The van der Waals surface area contributed by atoms with Crippen LogP contribution in [0.5, 0.6) is 0 Å². The Morgan fingerprint density at radius 3 is 2.70 bits per heavy atom. The minimum Gasteiger partial charge on any atom is -0.322 e. The highest BCUT2D eigenvalue weighted by atomic mass is 32.2. The van der Waals surface area contributed by atoms with E-state index in [1.54, 1.807) is 43.3 Å². The third-order valence-electron chi connectivity index (χ3n) is 4.53. The number of anilines is 3. The van der Waals surface area contributed by atoms with Crippen molar-refractivity contribution in [2.24, 2.45) is 4.40 Å². The zero-order valence-corrected chi connectivity index (χ0v) is 18.5. The maximum absolute atomic E-state index is 12.7. The van der Waals surface area contributed by atoms with Gasteiger partial charge in [0.05, 0.1) is 23.4 Å². The maximum Gasteiger partial charge on any atom is 0.257 e. The van der Waals surface area contributed by atoms with Crippen molar-refractivity contribution in [2.75, 3.05) is 33.5 Å². The van der Waals surface area contributed by atoms with E-state index >= 15 is 0 Å². The van der Waals surface area contributed by atoms with E-state index in [0.717, 1.165) is 22.4 Å². The average molecular weight is 467 g/mol. The van der Waals surface area contributed by atoms with Gasteiger partial charge in [0.1, 0.15) is 0 Å². The van der Waals surface area contributed by atoms with Gasteiger partial charge in [-0.05, 0) is 54.6 Å². The fourth-order valence-corrected chi connectivity index (χ4v) is 6.00. The number of carbonyl (C=O) groups is 1. The molecule has 0 spiro atoms. The van der Waals surface area contributed by atoms with Crippen LogP contribution in [0.25, 0.3) is 0 Å². The lowest BCUT2D eigenvalue weighted by atomic mass is 10.1. The van der Waals surface area contributed by atoms with E-state index in [-0.39, 0.29) is 11.7 Å². The van der Waals surface area contributed by atoms with Crippen molar-refractivity contribution in [3.05, 3.63) is 47.5 Å². The lowest BCUT2D eigenvalue weighted by Gasteiger charge is -2.22. The van der Waals surface area contributed by atoms with Crippen LogP contribution in [0, 0.1) is 6.92 Å². The van der Waals surface area contributed by atoms with Gasteiger partial charge in [-0.3, -0.25) is 9.52 Å². The Bertz CT molecular complexity index is 1300. The molecule has 0 aromatic heterocycles. The summed E-state index contributed by atoms with van der Waals surface area (Å²) < 4.78 is 52.7. The molecule has 0 fully saturated rings. The number of sulfonamides is 2. The quantitative estimate of drug-likeness (QED) is 0.708. The predicted molar refractivity (Wildman–Crippen MR) is 118 cm³/mol. The SMILES string of the molecule is Cc1ccc(NC(=O)c2ccc3c(c2)SC2=NS(=O)(=O)CCN23)cc1NS(C)(=O)=O. The molecule has 1 amide bonds. The van der Waals surface area contributed by atoms with Crippen molar-refractivity contribution in [2.45, 2.75) is 11.8 Å². The van der Waals surface area contributed by atoms with E-state index in [4.69, 9.17) is 0 Å². The van der Waals surface area contributed by atoms with Gasteiger partial charge in [0, 0.05) is 22.7 Å². The summed E-state index contributed by atoms with van der Waals surface area (Å²) in [5.74, 6) is -0.414. The van der Waals surface area contributed by atoms with Crippen LogP contribution in [-0.4, -0.2) is 46.5 Å². The van der Waals surface area contributed by atoms with Gasteiger partial charge in [0.15, 0.2) is 5.17 Å². The summed E-state index contributed by atoms with van der Waals surface area (Å²) in [6.07, 6.45) is 1.06. The number of fused-ring (bicyclic) bond motifs is 3. The van der Waals surface area contributed by atoms with Crippen LogP contribution >= 0.6 is 11.8 Å². The first-order valence-electron chi connectivity index (χ1n) is 8.83. The topological polar surface area (TPSA) is 125 Å². The summed E-state index contributed by atoms with van der Waals surface area (Å²) in [6.45, 7) is 2.08. The Morgan fingerprint density at radius 1 is 1.20 bits per heavy atom. The van der Waals surface area contributed by atoms with Crippen LogP contribution in [0.2, 0.25) is 0 Å². The maximum atomic E-state index is 12.7. The first-order valence-corrected chi connectivity index (χ1v) is 13.1. The second kappa shape index (κ2) is 7.29. The molecule has 0 unspecified atom stereocenters. The Balaban J connectivity index is 1.56. The Labute approximate surface area is 178 Å². The van der Waals surface area contributed by atoms with Crippen LogP contribution in [0.15, 0.2) is 45.7 Å². The first kappa shape index (κ1) is 20.7. The molecule has 0 radical (unpaired) electrons. The fourth-order valence-electron chi connectivity index (χ4n) is 3.08. The standard InChI is InChI=1S/C18H18N4O5S3/c1-11-3-5-13(10-14(11)20-29(2,24)25)19-17(23)12-4-6-15-16(9-12)28-18-21-30(26,27)8-7-22(15)18/h3-6,9-10,20H,7-8H2,1-2H3,(H,19,23). The molecule has 2 aliphatic rings. The minimum atomic E-state index is -3.45. The number of hydrogen-bond donors (Lipinski definition) is 2. The van der Waals surface area contributed by atoms with Crippen molar-refractivity contribution in [1.82, 2.24) is 0 Å². The van der Waals surface area contributed by atoms with Crippen LogP contribution in [0.1, 0.15) is 15.9 Å². The van der Waals surface area contributed by atoms with Gasteiger partial charge < -0.3 is 10.2 Å². The summed E-state index contributed by atoms with van der Waals surface area (Å²) >= 11 is 1.21. The largest absolute Gasteiger partial charge is 0.322 e. The predicted octanol–water partition coefficient (Wildman–Crippen LogP) is 2.23. The smallest absolute Gasteiger partial charge is 0.257 e. The number of benzene rings is 2. The van der Waals surface area contributed by atoms with Gasteiger partial charge in [-0.25, -0.2) is 16.8 Å². The molecule has 4 rings (SSSR count). The highest BCUT2D eigenvalue weighted by Gasteiger charge is 2.33. The number of amidine groups is 1. The first-order chi connectivity index (χ1) is 14.0. The lowest BCUT2D eigenvalue weighted by Crippen LogP contribution is -2.35. The number of nitrogens with one attached hydrogen (secondary N) is 2. The molecule has 9 nitrogen and oxygen atoms in total. The van der Waals surface area contributed by atoms with Crippen LogP contribution < -0.4 is 14.9 Å². The molecule has 0 aliphatic carbocycles. The zero-order valence-electron chi connectivity index (χ0n) is 16.0. The van der Waals surface area contributed by atoms with Crippen LogP contribution in [0.4, 0.5) is 17.1 Å². The number of amides is 1. The molecule has 158 valence electrons. The van der Waals surface area contributed by atoms with E-state index in [2.05, 4.69) is 14.4 Å². The molecule has 2 N–H and O–H groups in total. The Morgan fingerprint density at radius 2 is 1.97 bits per heavy atom. The molecule has 2 aromatic carbocycles. The summed E-state index contributed by atoms with van der Waals surface area (Å²) in [4.78, 5) is 15.3. The van der Waals surface area contributed by atoms with Crippen molar-refractivity contribution in [3.63, 3.8) is 0 Å². The summed E-state index contributed by atoms with van der Waals surface area (Å²) in [5.41, 5.74) is 2.76. The normalized spacial score (nSPS) is 17.0. The van der Waals surface area contributed by atoms with Crippen LogP contribution in [-0.2, 0) is 20.0 Å². The molecule has 0 saturated heterocycles. The second-order valence-electron chi connectivity index (χ2n) is 6.95. The number of carbonyl (C=O) groups excluding carboxylic acids is 1. The zero-order chi connectivity index (χ0) is 21.7. The highest BCUT2D eigenvalue weighted by molar-refractivity contribution is 8.15. The van der Waals surface area contributed by atoms with Gasteiger partial charge in [-0.1, -0.05) is 6.07 Å². The molecule has 0 atom stereocenters. The van der Waals surface area contributed by atoms with E-state index in [1.807, 2.05) is 4.90 Å². The molecule has 30 heavy (non-hydrogen) atoms. The van der Waals surface area contributed by atoms with Gasteiger partial charge in [-0.15, -0.1) is 4.40 Å². The molecular formula is C18H18N4O5S3. The number of nitrogens with zero attached hydrogens (tertiary/aromatic N) is 2. The van der Waals surface area contributed by atoms with Crippen molar-refractivity contribution < 1.29 is 21.6 Å². The summed E-state index contributed by atoms with van der Waals surface area (Å²) in [6, 6.07) is 10.1. The second-order valence-corrected chi connectivity index (χ2v) is 11.5. The molecular weight excluding hydrogens is 448 g/mol.